The van der Waals surface area contributed by atoms with E-state index in [1.54, 1.807) is 13.8 Å². The molecule has 6 heteroatoms. The van der Waals surface area contributed by atoms with Gasteiger partial charge in [-0.1, -0.05) is 58.3 Å². The Morgan fingerprint density at radius 3 is 1.85 bits per heavy atom. The molecular weight excluding hydrogens is 346 g/mol. The van der Waals surface area contributed by atoms with Gasteiger partial charge >= 0.3 is 11.9 Å². The maximum atomic E-state index is 12.1. The van der Waals surface area contributed by atoms with Gasteiger partial charge in [-0.2, -0.15) is 0 Å². The second-order valence-corrected chi connectivity index (χ2v) is 6.79. The molecule has 6 nitrogen and oxygen atoms in total. The van der Waals surface area contributed by atoms with E-state index in [9.17, 15) is 14.4 Å². The van der Waals surface area contributed by atoms with Crippen molar-refractivity contribution in [3.8, 4) is 0 Å². The first-order chi connectivity index (χ1) is 13.0. The number of carbonyl (C=O) groups excluding carboxylic acids is 3. The third-order valence-corrected chi connectivity index (χ3v) is 4.36. The van der Waals surface area contributed by atoms with Gasteiger partial charge in [0, 0.05) is 12.8 Å². The molecule has 0 aromatic rings. The Morgan fingerprint density at radius 2 is 1.30 bits per heavy atom. The Balaban J connectivity index is 4.02. The zero-order chi connectivity index (χ0) is 20.3. The minimum absolute atomic E-state index is 0.0790. The minimum atomic E-state index is -0.791. The third kappa shape index (κ3) is 15.2. The van der Waals surface area contributed by atoms with Gasteiger partial charge in [0.15, 0.2) is 0 Å². The van der Waals surface area contributed by atoms with Crippen LogP contribution in [0.4, 0.5) is 0 Å². The lowest BCUT2D eigenvalue weighted by molar-refractivity contribution is -0.148. The van der Waals surface area contributed by atoms with E-state index >= 15 is 0 Å². The average molecular weight is 386 g/mol. The first kappa shape index (κ1) is 25.4. The first-order valence-electron chi connectivity index (χ1n) is 10.7. The molecule has 0 rings (SSSR count). The molecular formula is C21H39NO5. The summed E-state index contributed by atoms with van der Waals surface area (Å²) < 4.78 is 9.86. The van der Waals surface area contributed by atoms with Gasteiger partial charge in [0.25, 0.3) is 0 Å². The molecule has 0 heterocycles. The summed E-state index contributed by atoms with van der Waals surface area (Å²) in [4.78, 5) is 35.6. The van der Waals surface area contributed by atoms with E-state index in [0.29, 0.717) is 13.0 Å². The van der Waals surface area contributed by atoms with Crippen molar-refractivity contribution in [2.45, 2.75) is 104 Å². The monoisotopic (exact) mass is 385 g/mol. The molecule has 0 fully saturated rings. The molecule has 0 aliphatic rings. The van der Waals surface area contributed by atoms with Gasteiger partial charge < -0.3 is 14.8 Å². The standard InChI is InChI=1S/C21H39NO5/c1-4-7-8-9-10-11-12-13-14-15-19(23)22-18(21(25)27-6-3)16-17-20(24)26-5-2/h18H,4-17H2,1-3H3,(H,22,23)/t18-/m1/s1. The molecule has 1 amide bonds. The number of nitrogens with one attached hydrogen (secondary N) is 1. The second kappa shape index (κ2) is 17.8. The summed E-state index contributed by atoms with van der Waals surface area (Å²) in [7, 11) is 0. The number of hydrogen-bond acceptors (Lipinski definition) is 5. The summed E-state index contributed by atoms with van der Waals surface area (Å²) in [5.41, 5.74) is 0. The van der Waals surface area contributed by atoms with Gasteiger partial charge in [0.1, 0.15) is 6.04 Å². The Bertz CT molecular complexity index is 411. The van der Waals surface area contributed by atoms with Gasteiger partial charge in [0.2, 0.25) is 5.91 Å². The fourth-order valence-corrected chi connectivity index (χ4v) is 2.85. The predicted octanol–water partition coefficient (Wildman–Crippen LogP) is 4.30. The largest absolute Gasteiger partial charge is 0.466 e. The Morgan fingerprint density at radius 1 is 0.741 bits per heavy atom. The van der Waals surface area contributed by atoms with Crippen LogP contribution in [0.2, 0.25) is 0 Å². The molecule has 0 spiro atoms. The van der Waals surface area contributed by atoms with Crippen molar-refractivity contribution in [3.63, 3.8) is 0 Å². The zero-order valence-corrected chi connectivity index (χ0v) is 17.5. The number of hydrogen-bond donors (Lipinski definition) is 1. The van der Waals surface area contributed by atoms with Crippen molar-refractivity contribution >= 4 is 17.8 Å². The molecule has 0 aliphatic carbocycles. The number of amides is 1. The van der Waals surface area contributed by atoms with E-state index in [0.717, 1.165) is 19.3 Å². The maximum Gasteiger partial charge on any atom is 0.328 e. The van der Waals surface area contributed by atoms with Crippen molar-refractivity contribution in [1.29, 1.82) is 0 Å². The molecule has 0 saturated carbocycles. The fraction of sp³-hybridized carbons (Fsp3) is 0.857. The normalized spacial score (nSPS) is 11.7. The lowest BCUT2D eigenvalue weighted by Gasteiger charge is -2.17. The first-order valence-corrected chi connectivity index (χ1v) is 10.7. The molecule has 0 aliphatic heterocycles. The summed E-state index contributed by atoms with van der Waals surface area (Å²) in [5.74, 6) is -1.04. The highest BCUT2D eigenvalue weighted by Crippen LogP contribution is 2.11. The lowest BCUT2D eigenvalue weighted by atomic mass is 10.1. The molecule has 158 valence electrons. The van der Waals surface area contributed by atoms with Gasteiger partial charge in [-0.25, -0.2) is 4.79 Å². The van der Waals surface area contributed by atoms with E-state index in [2.05, 4.69) is 12.2 Å². The van der Waals surface area contributed by atoms with E-state index in [1.807, 2.05) is 0 Å². The Labute approximate surface area is 164 Å². The van der Waals surface area contributed by atoms with Crippen LogP contribution in [-0.2, 0) is 23.9 Å². The summed E-state index contributed by atoms with van der Waals surface area (Å²) in [5, 5.41) is 2.70. The smallest absolute Gasteiger partial charge is 0.328 e. The van der Waals surface area contributed by atoms with Gasteiger partial charge in [-0.3, -0.25) is 9.59 Å². The zero-order valence-electron chi connectivity index (χ0n) is 17.5. The van der Waals surface area contributed by atoms with Crippen LogP contribution in [0, 0.1) is 0 Å². The van der Waals surface area contributed by atoms with E-state index < -0.39 is 12.0 Å². The van der Waals surface area contributed by atoms with Gasteiger partial charge in [-0.15, -0.1) is 0 Å². The van der Waals surface area contributed by atoms with Crippen molar-refractivity contribution in [3.05, 3.63) is 0 Å². The van der Waals surface area contributed by atoms with E-state index in [1.165, 1.54) is 38.5 Å². The molecule has 0 aromatic heterocycles. The number of ether oxygens (including phenoxy) is 2. The SMILES string of the molecule is CCCCCCCCCCCC(=O)N[C@H](CCC(=O)OCC)C(=O)OCC. The summed E-state index contributed by atoms with van der Waals surface area (Å²) >= 11 is 0. The maximum absolute atomic E-state index is 12.1. The van der Waals surface area contributed by atoms with Crippen molar-refractivity contribution in [1.82, 2.24) is 5.32 Å². The van der Waals surface area contributed by atoms with Crippen LogP contribution in [0.1, 0.15) is 97.8 Å². The fourth-order valence-electron chi connectivity index (χ4n) is 2.85. The van der Waals surface area contributed by atoms with Crippen LogP contribution in [0.25, 0.3) is 0 Å². The van der Waals surface area contributed by atoms with Crippen molar-refractivity contribution in [2.75, 3.05) is 13.2 Å². The molecule has 27 heavy (non-hydrogen) atoms. The van der Waals surface area contributed by atoms with Crippen LogP contribution in [0.5, 0.6) is 0 Å². The third-order valence-electron chi connectivity index (χ3n) is 4.36. The average Bonchev–Trinajstić information content (AvgIpc) is 2.64. The number of unbranched alkanes of at least 4 members (excludes halogenated alkanes) is 8. The molecule has 0 radical (unpaired) electrons. The molecule has 1 atom stereocenters. The Kier molecular flexibility index (Phi) is 16.8. The quantitative estimate of drug-likeness (QED) is 0.298. The highest BCUT2D eigenvalue weighted by Gasteiger charge is 2.23. The highest BCUT2D eigenvalue weighted by atomic mass is 16.5. The topological polar surface area (TPSA) is 81.7 Å². The highest BCUT2D eigenvalue weighted by molar-refractivity contribution is 5.84. The molecule has 0 aromatic carbocycles. The van der Waals surface area contributed by atoms with Crippen molar-refractivity contribution < 1.29 is 23.9 Å². The van der Waals surface area contributed by atoms with Crippen molar-refractivity contribution in [2.24, 2.45) is 0 Å². The van der Waals surface area contributed by atoms with Crippen LogP contribution in [0.3, 0.4) is 0 Å². The summed E-state index contributed by atoms with van der Waals surface area (Å²) in [6.07, 6.45) is 11.3. The second-order valence-electron chi connectivity index (χ2n) is 6.79. The number of rotatable bonds is 17. The minimum Gasteiger partial charge on any atom is -0.466 e. The van der Waals surface area contributed by atoms with Crippen LogP contribution >= 0.6 is 0 Å². The van der Waals surface area contributed by atoms with E-state index in [4.69, 9.17) is 9.47 Å². The predicted molar refractivity (Wildman–Crippen MR) is 106 cm³/mol. The Hall–Kier alpha value is -1.59. The van der Waals surface area contributed by atoms with Gasteiger partial charge in [-0.05, 0) is 26.7 Å². The van der Waals surface area contributed by atoms with Gasteiger partial charge in [0.05, 0.1) is 13.2 Å². The molecule has 0 unspecified atom stereocenters. The molecule has 0 bridgehead atoms. The van der Waals surface area contributed by atoms with E-state index in [-0.39, 0.29) is 31.3 Å². The lowest BCUT2D eigenvalue weighted by Crippen LogP contribution is -2.42. The van der Waals surface area contributed by atoms with Crippen LogP contribution < -0.4 is 5.32 Å². The number of carbonyl (C=O) groups is 3. The number of esters is 2. The molecule has 0 saturated heterocycles. The van der Waals surface area contributed by atoms with Crippen LogP contribution in [0.15, 0.2) is 0 Å². The van der Waals surface area contributed by atoms with Crippen LogP contribution in [-0.4, -0.2) is 37.1 Å². The summed E-state index contributed by atoms with van der Waals surface area (Å²) in [6, 6.07) is -0.791. The molecule has 1 N–H and O–H groups in total. The summed E-state index contributed by atoms with van der Waals surface area (Å²) in [6.45, 7) is 6.20.